The minimum absolute atomic E-state index is 0.00734. The second-order valence-electron chi connectivity index (χ2n) is 6.49. The van der Waals surface area contributed by atoms with Crippen LogP contribution in [0, 0.1) is 21.7 Å². The van der Waals surface area contributed by atoms with Crippen LogP contribution >= 0.6 is 23.2 Å². The third-order valence-electron chi connectivity index (χ3n) is 4.20. The SMILES string of the molecule is O=C(NC(=O)c1c(F)cccc1F)Nc1cc(Cl)c(OCc2ccc([N+](=O)[O-])cc2)c(Cl)c1. The van der Waals surface area contributed by atoms with Gasteiger partial charge in [0.25, 0.3) is 11.6 Å². The van der Waals surface area contributed by atoms with Crippen LogP contribution in [-0.4, -0.2) is 16.9 Å². The van der Waals surface area contributed by atoms with Gasteiger partial charge < -0.3 is 10.1 Å². The number of nitrogens with zero attached hydrogens (tertiary/aromatic N) is 1. The third-order valence-corrected chi connectivity index (χ3v) is 4.76. The Bertz CT molecular complexity index is 1200. The van der Waals surface area contributed by atoms with Crippen LogP contribution < -0.4 is 15.4 Å². The van der Waals surface area contributed by atoms with Gasteiger partial charge in [0.05, 0.1) is 15.0 Å². The minimum atomic E-state index is -1.27. The Morgan fingerprint density at radius 1 is 1.00 bits per heavy atom. The van der Waals surface area contributed by atoms with Gasteiger partial charge in [0, 0.05) is 17.8 Å². The van der Waals surface area contributed by atoms with E-state index < -0.39 is 34.1 Å². The van der Waals surface area contributed by atoms with Crippen molar-refractivity contribution in [3.05, 3.63) is 97.5 Å². The van der Waals surface area contributed by atoms with Gasteiger partial charge in [-0.05, 0) is 42.0 Å². The maximum absolute atomic E-state index is 13.7. The average molecular weight is 496 g/mol. The number of benzene rings is 3. The number of hydrogen-bond donors (Lipinski definition) is 2. The first kappa shape index (κ1) is 23.9. The molecule has 3 aromatic rings. The monoisotopic (exact) mass is 495 g/mol. The molecule has 0 spiro atoms. The van der Waals surface area contributed by atoms with E-state index >= 15 is 0 Å². The van der Waals surface area contributed by atoms with Crippen LogP contribution in [0.2, 0.25) is 10.0 Å². The van der Waals surface area contributed by atoms with Crippen LogP contribution in [0.1, 0.15) is 15.9 Å². The van der Waals surface area contributed by atoms with E-state index in [4.69, 9.17) is 27.9 Å². The summed E-state index contributed by atoms with van der Waals surface area (Å²) in [5.74, 6) is -3.43. The largest absolute Gasteiger partial charge is 0.486 e. The molecule has 12 heteroatoms. The molecule has 2 N–H and O–H groups in total. The smallest absolute Gasteiger partial charge is 0.326 e. The normalized spacial score (nSPS) is 10.4. The Labute approximate surface area is 195 Å². The van der Waals surface area contributed by atoms with Gasteiger partial charge in [-0.15, -0.1) is 0 Å². The fourth-order valence-corrected chi connectivity index (χ4v) is 3.28. The van der Waals surface area contributed by atoms with E-state index in [9.17, 15) is 28.5 Å². The first-order chi connectivity index (χ1) is 15.7. The zero-order valence-electron chi connectivity index (χ0n) is 16.4. The van der Waals surface area contributed by atoms with Crippen LogP contribution in [-0.2, 0) is 6.61 Å². The molecule has 0 unspecified atom stereocenters. The number of halogens is 4. The first-order valence-electron chi connectivity index (χ1n) is 9.07. The number of ether oxygens (including phenoxy) is 1. The molecule has 33 heavy (non-hydrogen) atoms. The number of urea groups is 1. The summed E-state index contributed by atoms with van der Waals surface area (Å²) in [5.41, 5.74) is -0.279. The van der Waals surface area contributed by atoms with E-state index in [0.29, 0.717) is 5.56 Å². The van der Waals surface area contributed by atoms with Crippen molar-refractivity contribution >= 4 is 46.5 Å². The van der Waals surface area contributed by atoms with Crippen molar-refractivity contribution in [2.24, 2.45) is 0 Å². The van der Waals surface area contributed by atoms with Crippen LogP contribution in [0.4, 0.5) is 25.0 Å². The maximum Gasteiger partial charge on any atom is 0.326 e. The highest BCUT2D eigenvalue weighted by Gasteiger charge is 2.20. The summed E-state index contributed by atoms with van der Waals surface area (Å²) in [5, 5.41) is 14.8. The summed E-state index contributed by atoms with van der Waals surface area (Å²) in [4.78, 5) is 34.2. The maximum atomic E-state index is 13.7. The molecular weight excluding hydrogens is 483 g/mol. The highest BCUT2D eigenvalue weighted by atomic mass is 35.5. The number of imide groups is 1. The number of nitro benzene ring substituents is 1. The van der Waals surface area contributed by atoms with Gasteiger partial charge in [-0.3, -0.25) is 20.2 Å². The summed E-state index contributed by atoms with van der Waals surface area (Å²) >= 11 is 12.3. The average Bonchev–Trinajstić information content (AvgIpc) is 2.73. The number of nitrogens with one attached hydrogen (secondary N) is 2. The zero-order chi connectivity index (χ0) is 24.1. The Hall–Kier alpha value is -3.76. The van der Waals surface area contributed by atoms with Gasteiger partial charge >= 0.3 is 6.03 Å². The molecule has 0 saturated heterocycles. The van der Waals surface area contributed by atoms with Crippen molar-refractivity contribution in [1.82, 2.24) is 5.32 Å². The summed E-state index contributed by atoms with van der Waals surface area (Å²) < 4.78 is 32.9. The van der Waals surface area contributed by atoms with Crippen molar-refractivity contribution in [2.45, 2.75) is 6.61 Å². The lowest BCUT2D eigenvalue weighted by Gasteiger charge is -2.13. The quantitative estimate of drug-likeness (QED) is 0.335. The highest BCUT2D eigenvalue weighted by molar-refractivity contribution is 6.37. The van der Waals surface area contributed by atoms with Gasteiger partial charge in [-0.1, -0.05) is 29.3 Å². The zero-order valence-corrected chi connectivity index (χ0v) is 17.9. The van der Waals surface area contributed by atoms with Gasteiger partial charge in [-0.2, -0.15) is 0 Å². The van der Waals surface area contributed by atoms with E-state index in [-0.39, 0.29) is 33.8 Å². The second-order valence-corrected chi connectivity index (χ2v) is 7.30. The summed E-state index contributed by atoms with van der Waals surface area (Å²) in [6.45, 7) is 0.00734. The lowest BCUT2D eigenvalue weighted by molar-refractivity contribution is -0.384. The lowest BCUT2D eigenvalue weighted by Crippen LogP contribution is -2.35. The predicted octanol–water partition coefficient (Wildman–Crippen LogP) is 5.72. The van der Waals surface area contributed by atoms with Gasteiger partial charge in [0.15, 0.2) is 5.75 Å². The minimum Gasteiger partial charge on any atom is -0.486 e. The Morgan fingerprint density at radius 2 is 1.58 bits per heavy atom. The van der Waals surface area contributed by atoms with Crippen molar-refractivity contribution in [3.8, 4) is 5.75 Å². The molecule has 0 aromatic heterocycles. The summed E-state index contributed by atoms with van der Waals surface area (Å²) in [7, 11) is 0. The van der Waals surface area contributed by atoms with Crippen molar-refractivity contribution in [3.63, 3.8) is 0 Å². The van der Waals surface area contributed by atoms with Crippen LogP contribution in [0.15, 0.2) is 54.6 Å². The van der Waals surface area contributed by atoms with Crippen molar-refractivity contribution in [2.75, 3.05) is 5.32 Å². The van der Waals surface area contributed by atoms with Crippen LogP contribution in [0.25, 0.3) is 0 Å². The highest BCUT2D eigenvalue weighted by Crippen LogP contribution is 2.36. The van der Waals surface area contributed by atoms with E-state index in [2.05, 4.69) is 5.32 Å². The Balaban J connectivity index is 1.65. The third kappa shape index (κ3) is 5.93. The van der Waals surface area contributed by atoms with E-state index in [0.717, 1.165) is 18.2 Å². The first-order valence-corrected chi connectivity index (χ1v) is 9.83. The lowest BCUT2D eigenvalue weighted by atomic mass is 10.2. The number of amides is 3. The molecular formula is C21H13Cl2F2N3O5. The van der Waals surface area contributed by atoms with E-state index in [1.54, 1.807) is 5.32 Å². The molecule has 0 heterocycles. The van der Waals surface area contributed by atoms with Crippen LogP contribution in [0.5, 0.6) is 5.75 Å². The summed E-state index contributed by atoms with van der Waals surface area (Å²) in [6, 6.07) is 10.00. The molecule has 0 saturated carbocycles. The molecule has 8 nitrogen and oxygen atoms in total. The standard InChI is InChI=1S/C21H13Cl2F2N3O5/c22-14-8-12(26-21(30)27-20(29)18-16(24)2-1-3-17(18)25)9-15(23)19(14)33-10-11-4-6-13(7-5-11)28(31)32/h1-9H,10H2,(H2,26,27,29,30). The van der Waals surface area contributed by atoms with Crippen molar-refractivity contribution < 1.29 is 28.0 Å². The molecule has 0 aliphatic heterocycles. The number of non-ortho nitro benzene ring substituents is 1. The molecule has 3 rings (SSSR count). The fourth-order valence-electron chi connectivity index (χ4n) is 2.68. The summed E-state index contributed by atoms with van der Waals surface area (Å²) in [6.07, 6.45) is 0. The fraction of sp³-hybridized carbons (Fsp3) is 0.0476. The topological polar surface area (TPSA) is 111 Å². The van der Waals surface area contributed by atoms with Gasteiger partial charge in [-0.25, -0.2) is 13.6 Å². The number of nitro groups is 1. The predicted molar refractivity (Wildman–Crippen MR) is 117 cm³/mol. The number of hydrogen-bond acceptors (Lipinski definition) is 5. The molecule has 0 fully saturated rings. The van der Waals surface area contributed by atoms with Gasteiger partial charge in [0.2, 0.25) is 0 Å². The van der Waals surface area contributed by atoms with E-state index in [1.165, 1.54) is 36.4 Å². The molecule has 0 atom stereocenters. The molecule has 0 aliphatic rings. The number of carbonyl (C=O) groups is 2. The number of carbonyl (C=O) groups excluding carboxylic acids is 2. The van der Waals surface area contributed by atoms with E-state index in [1.807, 2.05) is 0 Å². The number of anilines is 1. The second kappa shape index (κ2) is 10.2. The molecule has 0 radical (unpaired) electrons. The Morgan fingerprint density at radius 3 is 2.12 bits per heavy atom. The molecule has 0 bridgehead atoms. The Kier molecular flexibility index (Phi) is 7.41. The van der Waals surface area contributed by atoms with Gasteiger partial charge in [0.1, 0.15) is 23.8 Å². The molecule has 0 aliphatic carbocycles. The van der Waals surface area contributed by atoms with Crippen molar-refractivity contribution in [1.29, 1.82) is 0 Å². The molecule has 3 amide bonds. The number of rotatable bonds is 6. The molecule has 170 valence electrons. The van der Waals surface area contributed by atoms with Crippen LogP contribution in [0.3, 0.4) is 0 Å². The molecule has 3 aromatic carbocycles.